The van der Waals surface area contributed by atoms with Crippen LogP contribution >= 0.6 is 0 Å². The molecule has 4 saturated carbocycles. The van der Waals surface area contributed by atoms with Crippen LogP contribution in [-0.2, 0) is 11.3 Å². The summed E-state index contributed by atoms with van der Waals surface area (Å²) in [4.78, 5) is 13.0. The highest BCUT2D eigenvalue weighted by atomic mass is 16.1. The molecule has 4 bridgehead atoms. The Morgan fingerprint density at radius 1 is 0.857 bits per heavy atom. The molecule has 0 unspecified atom stereocenters. The first-order valence-corrected chi connectivity index (χ1v) is 11.0. The normalized spacial score (nSPS) is 30.9. The van der Waals surface area contributed by atoms with Crippen LogP contribution in [0.25, 0.3) is 21.8 Å². The molecule has 3 heteroatoms. The molecular formula is C25H28N2O. The van der Waals surface area contributed by atoms with Gasteiger partial charge in [-0.25, -0.2) is 0 Å². The minimum absolute atomic E-state index is 0.118. The number of rotatable bonds is 4. The Balaban J connectivity index is 1.23. The lowest BCUT2D eigenvalue weighted by atomic mass is 9.53. The van der Waals surface area contributed by atoms with Crippen molar-refractivity contribution in [2.45, 2.75) is 57.0 Å². The van der Waals surface area contributed by atoms with Gasteiger partial charge in [0, 0.05) is 40.3 Å². The van der Waals surface area contributed by atoms with E-state index in [1.807, 2.05) is 0 Å². The van der Waals surface area contributed by atoms with Gasteiger partial charge < -0.3 is 9.88 Å². The highest BCUT2D eigenvalue weighted by Gasteiger charge is 2.51. The standard InChI is InChI=1S/C25H28N2O/c28-24(26-25-14-17-11-18(15-25)13-19(12-17)16-25)9-10-27-22-7-3-1-5-20(22)21-6-2-4-8-23(21)27/h1-8,17-19H,9-16H2,(H,26,28). The summed E-state index contributed by atoms with van der Waals surface area (Å²) in [5, 5.41) is 6.09. The van der Waals surface area contributed by atoms with Gasteiger partial charge in [0.2, 0.25) is 5.91 Å². The highest BCUT2D eigenvalue weighted by Crippen LogP contribution is 2.55. The van der Waals surface area contributed by atoms with Gasteiger partial charge in [0.05, 0.1) is 0 Å². The lowest BCUT2D eigenvalue weighted by Crippen LogP contribution is -2.59. The second kappa shape index (κ2) is 6.10. The monoisotopic (exact) mass is 372 g/mol. The van der Waals surface area contributed by atoms with E-state index in [9.17, 15) is 4.79 Å². The molecule has 1 amide bonds. The average Bonchev–Trinajstić information content (AvgIpc) is 2.99. The van der Waals surface area contributed by atoms with Crippen LogP contribution in [0.15, 0.2) is 48.5 Å². The molecule has 4 aliphatic carbocycles. The van der Waals surface area contributed by atoms with Crippen molar-refractivity contribution in [1.29, 1.82) is 0 Å². The summed E-state index contributed by atoms with van der Waals surface area (Å²) < 4.78 is 2.32. The number of carbonyl (C=O) groups excluding carboxylic acids is 1. The maximum Gasteiger partial charge on any atom is 0.222 e. The highest BCUT2D eigenvalue weighted by molar-refractivity contribution is 6.08. The third-order valence-electron chi connectivity index (χ3n) is 7.69. The lowest BCUT2D eigenvalue weighted by Gasteiger charge is -2.56. The molecular weight excluding hydrogens is 344 g/mol. The van der Waals surface area contributed by atoms with Crippen molar-refractivity contribution in [2.75, 3.05) is 0 Å². The second-order valence-electron chi connectivity index (χ2n) is 9.68. The average molecular weight is 373 g/mol. The third kappa shape index (κ3) is 2.59. The lowest BCUT2D eigenvalue weighted by molar-refractivity contribution is -0.127. The Labute approximate surface area is 166 Å². The summed E-state index contributed by atoms with van der Waals surface area (Å²) in [5.74, 6) is 2.83. The van der Waals surface area contributed by atoms with Crippen LogP contribution in [-0.4, -0.2) is 16.0 Å². The van der Waals surface area contributed by atoms with Crippen molar-refractivity contribution < 1.29 is 4.79 Å². The van der Waals surface area contributed by atoms with Gasteiger partial charge >= 0.3 is 0 Å². The smallest absolute Gasteiger partial charge is 0.222 e. The number of aromatic nitrogens is 1. The molecule has 3 aromatic rings. The summed E-state index contributed by atoms with van der Waals surface area (Å²) in [6, 6.07) is 17.1. The molecule has 0 atom stereocenters. The molecule has 4 aliphatic rings. The Kier molecular flexibility index (Phi) is 3.63. The molecule has 0 radical (unpaired) electrons. The maximum atomic E-state index is 13.0. The van der Waals surface area contributed by atoms with E-state index in [4.69, 9.17) is 0 Å². The summed E-state index contributed by atoms with van der Waals surface area (Å²) in [7, 11) is 0. The third-order valence-corrected chi connectivity index (χ3v) is 7.69. The molecule has 2 aromatic carbocycles. The van der Waals surface area contributed by atoms with Gasteiger partial charge in [-0.05, 0) is 68.4 Å². The van der Waals surface area contributed by atoms with Crippen molar-refractivity contribution in [3.8, 4) is 0 Å². The van der Waals surface area contributed by atoms with Crippen LogP contribution in [0.5, 0.6) is 0 Å². The predicted molar refractivity (Wildman–Crippen MR) is 113 cm³/mol. The summed E-state index contributed by atoms with van der Waals surface area (Å²) >= 11 is 0. The fourth-order valence-corrected chi connectivity index (χ4v) is 7.08. The number of para-hydroxylation sites is 2. The maximum absolute atomic E-state index is 13.0. The first kappa shape index (κ1) is 16.6. The van der Waals surface area contributed by atoms with Gasteiger partial charge in [-0.3, -0.25) is 4.79 Å². The summed E-state index contributed by atoms with van der Waals surface area (Å²) in [6.45, 7) is 0.742. The molecule has 1 N–H and O–H groups in total. The fraction of sp³-hybridized carbons (Fsp3) is 0.480. The van der Waals surface area contributed by atoms with Crippen LogP contribution < -0.4 is 5.32 Å². The van der Waals surface area contributed by atoms with Crippen molar-refractivity contribution in [1.82, 2.24) is 9.88 Å². The van der Waals surface area contributed by atoms with Crippen LogP contribution in [0.2, 0.25) is 0 Å². The van der Waals surface area contributed by atoms with Crippen LogP contribution in [0.3, 0.4) is 0 Å². The largest absolute Gasteiger partial charge is 0.351 e. The minimum Gasteiger partial charge on any atom is -0.351 e. The number of amides is 1. The molecule has 7 rings (SSSR count). The number of nitrogens with zero attached hydrogens (tertiary/aromatic N) is 1. The molecule has 28 heavy (non-hydrogen) atoms. The van der Waals surface area contributed by atoms with Gasteiger partial charge in [0.1, 0.15) is 0 Å². The van der Waals surface area contributed by atoms with Gasteiger partial charge in [-0.15, -0.1) is 0 Å². The van der Waals surface area contributed by atoms with Gasteiger partial charge in [0.15, 0.2) is 0 Å². The summed E-state index contributed by atoms with van der Waals surface area (Å²) in [5.41, 5.74) is 2.57. The summed E-state index contributed by atoms with van der Waals surface area (Å²) in [6.07, 6.45) is 8.47. The van der Waals surface area contributed by atoms with Gasteiger partial charge in [-0.1, -0.05) is 36.4 Å². The molecule has 1 aromatic heterocycles. The Bertz CT molecular complexity index is 974. The Morgan fingerprint density at radius 2 is 1.36 bits per heavy atom. The Hall–Kier alpha value is -2.29. The van der Waals surface area contributed by atoms with Crippen molar-refractivity contribution in [3.05, 3.63) is 48.5 Å². The van der Waals surface area contributed by atoms with E-state index in [2.05, 4.69) is 58.4 Å². The molecule has 0 aliphatic heterocycles. The molecule has 0 saturated heterocycles. The first-order valence-electron chi connectivity index (χ1n) is 11.0. The SMILES string of the molecule is O=C(CCn1c2ccccc2c2ccccc21)NC12CC3CC(CC(C3)C1)C2. The van der Waals surface area contributed by atoms with E-state index >= 15 is 0 Å². The predicted octanol–water partition coefficient (Wildman–Crippen LogP) is 5.27. The molecule has 0 spiro atoms. The van der Waals surface area contributed by atoms with Crippen molar-refractivity contribution in [3.63, 3.8) is 0 Å². The Morgan fingerprint density at radius 3 is 1.89 bits per heavy atom. The number of fused-ring (bicyclic) bond motifs is 3. The molecule has 4 fully saturated rings. The quantitative estimate of drug-likeness (QED) is 0.665. The fourth-order valence-electron chi connectivity index (χ4n) is 7.08. The minimum atomic E-state index is 0.118. The van der Waals surface area contributed by atoms with Crippen LogP contribution in [0, 0.1) is 17.8 Å². The van der Waals surface area contributed by atoms with E-state index in [0.717, 1.165) is 24.3 Å². The van der Waals surface area contributed by atoms with Gasteiger partial charge in [-0.2, -0.15) is 0 Å². The van der Waals surface area contributed by atoms with E-state index < -0.39 is 0 Å². The molecule has 144 valence electrons. The van der Waals surface area contributed by atoms with E-state index in [-0.39, 0.29) is 11.4 Å². The van der Waals surface area contributed by atoms with E-state index in [0.29, 0.717) is 6.42 Å². The number of carbonyl (C=O) groups is 1. The second-order valence-corrected chi connectivity index (χ2v) is 9.68. The van der Waals surface area contributed by atoms with Gasteiger partial charge in [0.25, 0.3) is 0 Å². The first-order chi connectivity index (χ1) is 13.7. The molecule has 3 nitrogen and oxygen atoms in total. The van der Waals surface area contributed by atoms with E-state index in [1.165, 1.54) is 60.3 Å². The van der Waals surface area contributed by atoms with E-state index in [1.54, 1.807) is 0 Å². The zero-order chi connectivity index (χ0) is 18.7. The zero-order valence-corrected chi connectivity index (χ0v) is 16.4. The van der Waals surface area contributed by atoms with Crippen LogP contribution in [0.4, 0.5) is 0 Å². The number of nitrogens with one attached hydrogen (secondary N) is 1. The van der Waals surface area contributed by atoms with Crippen molar-refractivity contribution >= 4 is 27.7 Å². The number of aryl methyl sites for hydroxylation is 1. The zero-order valence-electron chi connectivity index (χ0n) is 16.4. The topological polar surface area (TPSA) is 34.0 Å². The van der Waals surface area contributed by atoms with Crippen LogP contribution in [0.1, 0.15) is 44.9 Å². The molecule has 1 heterocycles. The number of hydrogen-bond donors (Lipinski definition) is 1. The number of benzene rings is 2. The number of hydrogen-bond acceptors (Lipinski definition) is 1. The van der Waals surface area contributed by atoms with Crippen molar-refractivity contribution in [2.24, 2.45) is 17.8 Å².